The summed E-state index contributed by atoms with van der Waals surface area (Å²) in [5.74, 6) is 0. The smallest absolute Gasteiger partial charge is 0.252 e. The van der Waals surface area contributed by atoms with E-state index in [0.717, 1.165) is 11.2 Å². The van der Waals surface area contributed by atoms with Crippen LogP contribution in [0.25, 0.3) is 130 Å². The van der Waals surface area contributed by atoms with Gasteiger partial charge < -0.3 is 42.3 Å². The summed E-state index contributed by atoms with van der Waals surface area (Å²) in [5, 5.41) is 15.9. The number of fused-ring (bicyclic) bond motifs is 26. The molecule has 30 rings (SSSR count). The predicted molar refractivity (Wildman–Crippen MR) is 543 cm³/mol. The van der Waals surface area contributed by atoms with Crippen molar-refractivity contribution in [1.29, 1.82) is 0 Å². The van der Waals surface area contributed by atoms with Gasteiger partial charge in [-0.25, -0.2) is 0 Å². The van der Waals surface area contributed by atoms with Gasteiger partial charge in [0.05, 0.1) is 11.4 Å². The zero-order chi connectivity index (χ0) is 84.3. The fraction of sp³-hybridized carbons (Fsp3) is 0.107. The van der Waals surface area contributed by atoms with Crippen molar-refractivity contribution in [3.05, 3.63) is 336 Å². The van der Waals surface area contributed by atoms with E-state index in [1.165, 1.54) is 275 Å². The molecular formula is C112H84B4N8OS. The Kier molecular flexibility index (Phi) is 14.7. The van der Waals surface area contributed by atoms with Crippen molar-refractivity contribution in [3.63, 3.8) is 0 Å². The molecule has 0 atom stereocenters. The first-order valence-electron chi connectivity index (χ1n) is 44.4. The Morgan fingerprint density at radius 1 is 0.222 bits per heavy atom. The Balaban J connectivity index is 0.0000000874. The Labute approximate surface area is 736 Å². The van der Waals surface area contributed by atoms with Gasteiger partial charge >= 0.3 is 0 Å². The topological polar surface area (TPSA) is 45.8 Å². The number of benzene rings is 16. The molecule has 0 bridgehead atoms. The summed E-state index contributed by atoms with van der Waals surface area (Å²) in [6, 6.07) is 108. The molecule has 0 saturated carbocycles. The number of furan rings is 1. The Morgan fingerprint density at radius 3 is 1.06 bits per heavy atom. The largest absolute Gasteiger partial charge is 0.456 e. The van der Waals surface area contributed by atoms with Gasteiger partial charge in [-0.15, -0.1) is 11.3 Å². The van der Waals surface area contributed by atoms with Gasteiger partial charge in [-0.1, -0.05) is 212 Å². The molecule has 0 N–H and O–H groups in total. The molecule has 16 aromatic carbocycles. The fourth-order valence-electron chi connectivity index (χ4n) is 24.7. The average molecular weight is 1630 g/mol. The maximum Gasteiger partial charge on any atom is 0.252 e. The molecule has 8 aliphatic rings. The van der Waals surface area contributed by atoms with Gasteiger partial charge in [0.2, 0.25) is 0 Å². The Hall–Kier alpha value is -14.3. The lowest BCUT2D eigenvalue weighted by molar-refractivity contribution is 0.669. The summed E-state index contributed by atoms with van der Waals surface area (Å²) >= 11 is 1.91. The Bertz CT molecular complexity index is 8510. The van der Waals surface area contributed by atoms with Gasteiger partial charge in [-0.2, -0.15) is 0 Å². The number of anilines is 8. The molecule has 8 aliphatic heterocycles. The molecule has 22 aromatic rings. The highest BCUT2D eigenvalue weighted by molar-refractivity contribution is 7.26. The molecule has 0 unspecified atom stereocenters. The minimum atomic E-state index is 0.199. The van der Waals surface area contributed by atoms with Crippen LogP contribution in [0.3, 0.4) is 0 Å². The predicted octanol–water partition coefficient (Wildman–Crippen LogP) is 19.2. The minimum absolute atomic E-state index is 0.199. The number of hydrogen-bond acceptors (Lipinski definition) is 6. The maximum atomic E-state index is 6.26. The number of aryl methyl sites for hydroxylation is 4. The number of aromatic nitrogens is 4. The van der Waals surface area contributed by atoms with Crippen LogP contribution in [0.15, 0.2) is 296 Å². The molecule has 0 fully saturated rings. The van der Waals surface area contributed by atoms with E-state index in [-0.39, 0.29) is 26.9 Å². The van der Waals surface area contributed by atoms with Crippen molar-refractivity contribution >= 4 is 257 Å². The summed E-state index contributed by atoms with van der Waals surface area (Å²) in [4.78, 5) is 9.52. The second kappa shape index (κ2) is 25.7. The van der Waals surface area contributed by atoms with E-state index in [2.05, 4.69) is 407 Å². The third kappa shape index (κ3) is 9.18. The number of hydrogen-bond donors (Lipinski definition) is 0. The second-order valence-electron chi connectivity index (χ2n) is 36.4. The van der Waals surface area contributed by atoms with Crippen LogP contribution in [0.5, 0.6) is 0 Å². The molecule has 0 spiro atoms. The van der Waals surface area contributed by atoms with Crippen molar-refractivity contribution in [2.45, 2.75) is 55.4 Å². The molecule has 0 saturated heterocycles. The number of para-hydroxylation sites is 7. The quantitative estimate of drug-likeness (QED) is 0.142. The lowest BCUT2D eigenvalue weighted by Crippen LogP contribution is -2.60. The van der Waals surface area contributed by atoms with Gasteiger partial charge in [0, 0.05) is 199 Å². The number of rotatable bonds is 0. The summed E-state index contributed by atoms with van der Waals surface area (Å²) in [5.41, 5.74) is 51.0. The van der Waals surface area contributed by atoms with Crippen molar-refractivity contribution in [2.24, 2.45) is 0 Å². The molecular weight excluding hydrogens is 1550 g/mol. The van der Waals surface area contributed by atoms with Gasteiger partial charge in [0.25, 0.3) is 26.9 Å². The Morgan fingerprint density at radius 2 is 0.571 bits per heavy atom. The van der Waals surface area contributed by atoms with Gasteiger partial charge in [-0.3, -0.25) is 0 Å². The van der Waals surface area contributed by atoms with Crippen molar-refractivity contribution < 1.29 is 4.42 Å². The van der Waals surface area contributed by atoms with Crippen LogP contribution in [0.1, 0.15) is 45.0 Å². The van der Waals surface area contributed by atoms with E-state index in [9.17, 15) is 0 Å². The zero-order valence-electron chi connectivity index (χ0n) is 72.4. The van der Waals surface area contributed by atoms with Gasteiger partial charge in [0.15, 0.2) is 0 Å². The van der Waals surface area contributed by atoms with Crippen molar-refractivity contribution in [2.75, 3.05) is 47.8 Å². The molecule has 6 aromatic heterocycles. The van der Waals surface area contributed by atoms with Crippen LogP contribution in [0.2, 0.25) is 0 Å². The van der Waals surface area contributed by atoms with E-state index < -0.39 is 0 Å². The highest BCUT2D eigenvalue weighted by Crippen LogP contribution is 2.47. The van der Waals surface area contributed by atoms with Crippen molar-refractivity contribution in [1.82, 2.24) is 18.3 Å². The van der Waals surface area contributed by atoms with E-state index in [4.69, 9.17) is 4.42 Å². The zero-order valence-corrected chi connectivity index (χ0v) is 73.2. The van der Waals surface area contributed by atoms with Crippen LogP contribution < -0.4 is 85.2 Å². The second-order valence-corrected chi connectivity index (χ2v) is 37.5. The van der Waals surface area contributed by atoms with E-state index in [0.29, 0.717) is 0 Å². The van der Waals surface area contributed by atoms with Crippen LogP contribution >= 0.6 is 11.3 Å². The molecule has 9 nitrogen and oxygen atoms in total. The highest BCUT2D eigenvalue weighted by atomic mass is 32.1. The van der Waals surface area contributed by atoms with E-state index in [1.54, 1.807) is 0 Å². The fourth-order valence-corrected chi connectivity index (χ4v) is 25.8. The monoisotopic (exact) mass is 1630 g/mol. The first kappa shape index (κ1) is 72.2. The summed E-state index contributed by atoms with van der Waals surface area (Å²) in [6.07, 6.45) is 0. The highest BCUT2D eigenvalue weighted by Gasteiger charge is 2.47. The maximum absolute atomic E-state index is 6.26. The van der Waals surface area contributed by atoms with Crippen LogP contribution in [-0.4, -0.2) is 73.3 Å². The summed E-state index contributed by atoms with van der Waals surface area (Å²) in [6.45, 7) is 19.1. The average Bonchev–Trinajstić information content (AvgIpc) is 1.39. The normalized spacial score (nSPS) is 13.7. The van der Waals surface area contributed by atoms with Crippen molar-refractivity contribution in [3.8, 4) is 22.7 Å². The minimum Gasteiger partial charge on any atom is -0.456 e. The first-order valence-corrected chi connectivity index (χ1v) is 45.3. The lowest BCUT2D eigenvalue weighted by atomic mass is 9.33. The first-order chi connectivity index (χ1) is 61.6. The molecule has 0 radical (unpaired) electrons. The molecule has 0 aliphatic carbocycles. The third-order valence-electron chi connectivity index (χ3n) is 30.9. The third-order valence-corrected chi connectivity index (χ3v) is 32.0. The molecule has 596 valence electrons. The standard InChI is InChI=1S/C29H21BN2O.C29H21BN2S.2C27H21BN2/c1-16-17(2)32-24-12-7-11-23-28(24)30(21-10-6-9-18(16)29(21)32)22-14-20-19-8-4-5-13-26(19)33-27(20)15-25(22)31(23)3;1-16-17(2)32-24-12-7-11-23-28(24)30(21-10-6-9-18(16)29(21)32)22-15-27-20(14-25(22)31(23)3)19-8-4-5-13-26(19)33-27;2*1-16-17(2)30-26-19(16)11-8-13-22(26)28-21-12-6-7-14-23(21)29(3)24-15-18-9-4-5-10-20(18)27(30)25(24)28/h2*4-15H,1-3H3;2*4-15H,1-3H3. The summed E-state index contributed by atoms with van der Waals surface area (Å²) < 4.78 is 19.1. The van der Waals surface area contributed by atoms with Gasteiger partial charge in [-0.05, 0) is 227 Å². The lowest BCUT2D eigenvalue weighted by Gasteiger charge is -2.39. The number of nitrogens with zero attached hydrogens (tertiary/aromatic N) is 8. The summed E-state index contributed by atoms with van der Waals surface area (Å²) in [7, 11) is 8.84. The molecule has 0 amide bonds. The molecule has 126 heavy (non-hydrogen) atoms. The SMILES string of the molecule is Cc1c(C)n2c3c(cccc13)B1c3cc4c(cc3N(C)c3cccc-2c31)oc1ccccc14.Cc1c(C)n2c3c(cccc13)B1c3cc4sc5ccccc5c4cc3N(C)c3cccc-2c31.Cc1c(C)n2c3c(cccc13)B1c3ccccc3N(C)c3cc4ccccc4c-2c31.Cc1c(C)n2c3c(cccc13)B1c3ccccc3N(C)c3cc4ccccc4c-2c31. The van der Waals surface area contributed by atoms with Gasteiger partial charge in [0.1, 0.15) is 11.2 Å². The van der Waals surface area contributed by atoms with E-state index >= 15 is 0 Å². The molecule has 14 heterocycles. The van der Waals surface area contributed by atoms with E-state index in [1.807, 2.05) is 17.4 Å². The van der Waals surface area contributed by atoms with Crippen LogP contribution in [0, 0.1) is 55.4 Å². The number of thiophene rings is 1. The van der Waals surface area contributed by atoms with Crippen LogP contribution in [0.4, 0.5) is 45.5 Å². The van der Waals surface area contributed by atoms with Crippen LogP contribution in [-0.2, 0) is 0 Å². The molecule has 14 heteroatoms.